The SMILES string of the molecule is C=CC1=C(C)C2=NC1=CC1=NC(=C(CC)/C1=C/[O-])C=c1[n-]c3c(c1C)C(=O)C(C(=O)[O-])C=3C1=NC(=C2)C(C)C1CCC(=O)[O-].[Cu+2].[Na+].[Na+]. The van der Waals surface area contributed by atoms with E-state index in [-0.39, 0.29) is 111 Å². The number of hydrogen-bond acceptors (Lipinski definition) is 9. The van der Waals surface area contributed by atoms with Crippen LogP contribution in [0.25, 0.3) is 11.6 Å². The molecule has 5 heterocycles. The molecule has 8 bridgehead atoms. The van der Waals surface area contributed by atoms with Crippen molar-refractivity contribution in [3.63, 3.8) is 0 Å². The predicted molar refractivity (Wildman–Crippen MR) is 158 cm³/mol. The van der Waals surface area contributed by atoms with Gasteiger partial charge in [0.15, 0.2) is 5.78 Å². The van der Waals surface area contributed by atoms with Crippen LogP contribution in [-0.4, -0.2) is 34.9 Å². The van der Waals surface area contributed by atoms with Crippen molar-refractivity contribution in [3.05, 3.63) is 92.3 Å². The number of allylic oxidation sites excluding steroid dienone is 8. The first-order valence-corrected chi connectivity index (χ1v) is 14.4. The normalized spacial score (nSPS) is 23.2. The monoisotopic (exact) mass is 697 g/mol. The number of carbonyl (C=O) groups is 3. The number of rotatable bonds is 6. The molecule has 10 nitrogen and oxygen atoms in total. The number of ketones is 1. The Morgan fingerprint density at radius 2 is 1.77 bits per heavy atom. The van der Waals surface area contributed by atoms with Crippen molar-refractivity contribution in [3.8, 4) is 0 Å². The first-order valence-electron chi connectivity index (χ1n) is 14.4. The first kappa shape index (κ1) is 38.8. The molecule has 0 spiro atoms. The van der Waals surface area contributed by atoms with Crippen molar-refractivity contribution in [1.82, 2.24) is 4.98 Å². The van der Waals surface area contributed by atoms with Crippen molar-refractivity contribution in [2.24, 2.45) is 32.7 Å². The van der Waals surface area contributed by atoms with Crippen LogP contribution in [0.5, 0.6) is 0 Å². The number of hydrogen-bond donors (Lipinski definition) is 0. The molecule has 1 aliphatic carbocycles. The number of aromatic nitrogens is 1. The Labute approximate surface area is 326 Å². The van der Waals surface area contributed by atoms with Gasteiger partial charge in [-0.25, -0.2) is 9.98 Å². The molecule has 13 heteroatoms. The van der Waals surface area contributed by atoms with Gasteiger partial charge in [-0.2, -0.15) is 0 Å². The summed E-state index contributed by atoms with van der Waals surface area (Å²) >= 11 is 0. The Morgan fingerprint density at radius 1 is 1.06 bits per heavy atom. The van der Waals surface area contributed by atoms with Gasteiger partial charge in [0.1, 0.15) is 0 Å². The maximum Gasteiger partial charge on any atom is 2.00 e. The van der Waals surface area contributed by atoms with Crippen LogP contribution in [0, 0.1) is 24.7 Å². The van der Waals surface area contributed by atoms with Gasteiger partial charge >= 0.3 is 76.2 Å². The summed E-state index contributed by atoms with van der Waals surface area (Å²) in [6.07, 6.45) is 8.01. The van der Waals surface area contributed by atoms with E-state index in [1.807, 2.05) is 20.8 Å². The molecule has 1 radical (unpaired) electrons. The van der Waals surface area contributed by atoms with E-state index >= 15 is 0 Å². The third-order valence-electron chi connectivity index (χ3n) is 9.09. The Morgan fingerprint density at radius 3 is 2.36 bits per heavy atom. The third-order valence-corrected chi connectivity index (χ3v) is 9.09. The molecule has 0 saturated carbocycles. The van der Waals surface area contributed by atoms with Crippen LogP contribution in [0.3, 0.4) is 0 Å². The number of aliphatic carboxylic acids is 2. The Hall–Kier alpha value is -2.60. The number of aliphatic imine (C=N–C) groups is 3. The van der Waals surface area contributed by atoms with Gasteiger partial charge in [0.25, 0.3) is 0 Å². The minimum atomic E-state index is -1.64. The molecule has 0 amide bonds. The molecule has 3 atom stereocenters. The van der Waals surface area contributed by atoms with Gasteiger partial charge in [-0.05, 0) is 67.6 Å². The molecule has 4 aliphatic heterocycles. The van der Waals surface area contributed by atoms with Gasteiger partial charge in [-0.3, -0.25) is 9.79 Å². The summed E-state index contributed by atoms with van der Waals surface area (Å²) < 4.78 is 0. The van der Waals surface area contributed by atoms with Crippen molar-refractivity contribution >= 4 is 46.5 Å². The first-order chi connectivity index (χ1) is 21.0. The zero-order valence-electron chi connectivity index (χ0n) is 27.0. The van der Waals surface area contributed by atoms with Gasteiger partial charge in [-0.1, -0.05) is 38.1 Å². The molecule has 0 N–H and O–H groups in total. The molecule has 1 aromatic rings. The molecule has 6 rings (SSSR count). The van der Waals surface area contributed by atoms with E-state index in [1.54, 1.807) is 31.2 Å². The average Bonchev–Trinajstić information content (AvgIpc) is 3.72. The van der Waals surface area contributed by atoms with E-state index in [2.05, 4.69) is 6.58 Å². The van der Waals surface area contributed by atoms with Crippen molar-refractivity contribution < 1.29 is 106 Å². The summed E-state index contributed by atoms with van der Waals surface area (Å²) in [4.78, 5) is 56.9. The van der Waals surface area contributed by atoms with E-state index < -0.39 is 29.6 Å². The number of carboxylic acid groups (broad SMARTS) is 2. The minimum absolute atomic E-state index is 0. The van der Waals surface area contributed by atoms with Gasteiger partial charge in [0, 0.05) is 40.4 Å². The van der Waals surface area contributed by atoms with Crippen LogP contribution in [0.4, 0.5) is 0 Å². The largest absolute Gasteiger partial charge is 2.00 e. The molecule has 1 aromatic heterocycles. The zero-order chi connectivity index (χ0) is 31.6. The smallest absolute Gasteiger partial charge is 0.877 e. The van der Waals surface area contributed by atoms with Crippen LogP contribution in [0.2, 0.25) is 0 Å². The summed E-state index contributed by atoms with van der Waals surface area (Å²) in [5.74, 6) is -6.00. The summed E-state index contributed by atoms with van der Waals surface area (Å²) in [6, 6.07) is 0. The van der Waals surface area contributed by atoms with E-state index in [0.717, 1.165) is 17.4 Å². The topological polar surface area (TPSA) is 172 Å². The van der Waals surface area contributed by atoms with Crippen molar-refractivity contribution in [2.75, 3.05) is 0 Å². The number of carbonyl (C=O) groups excluding carboxylic acids is 3. The Balaban J connectivity index is 0.00000200. The van der Waals surface area contributed by atoms with Crippen molar-refractivity contribution in [1.29, 1.82) is 0 Å². The molecule has 233 valence electrons. The van der Waals surface area contributed by atoms with Crippen LogP contribution >= 0.6 is 0 Å². The maximum absolute atomic E-state index is 13.7. The fraction of sp³-hybridized carbons (Fsp3) is 0.294. The summed E-state index contributed by atoms with van der Waals surface area (Å²) in [6.45, 7) is 11.3. The standard InChI is InChI=1S/C34H32N4O6.Cu.2Na/c1-6-17-14(3)21-10-22-15(4)19(8-9-27(40)41)31(37-22)29-30(34(43)44)33(42)28-16(5)23(38-32(28)29)11-25-18(7-2)20(13-39)26(36-25)12-24(17)35-21;;;/h6,10-13,15,19,30H,1,7-9H2,2-5H3,(H4,35,36,37,38,39,40,41,42,43,44);;;/q;+2;2*+1/p-4. The van der Waals surface area contributed by atoms with E-state index in [0.29, 0.717) is 62.7 Å². The van der Waals surface area contributed by atoms with E-state index in [9.17, 15) is 29.7 Å². The third kappa shape index (κ3) is 6.33. The maximum atomic E-state index is 13.7. The Bertz CT molecular complexity index is 2010. The molecular weight excluding hydrogens is 670 g/mol. The van der Waals surface area contributed by atoms with Crippen LogP contribution in [0.1, 0.15) is 56.0 Å². The molecule has 0 aromatic carbocycles. The molecule has 0 saturated heterocycles. The van der Waals surface area contributed by atoms with E-state index in [1.165, 1.54) is 0 Å². The second kappa shape index (κ2) is 14.9. The average molecular weight is 698 g/mol. The molecule has 5 aliphatic rings. The summed E-state index contributed by atoms with van der Waals surface area (Å²) in [5, 5.41) is 36.9. The van der Waals surface area contributed by atoms with Gasteiger partial charge in [-0.15, -0.1) is 17.0 Å². The second-order valence-electron chi connectivity index (χ2n) is 11.4. The fourth-order valence-corrected chi connectivity index (χ4v) is 6.75. The number of carboxylic acids is 2. The molecule has 47 heavy (non-hydrogen) atoms. The van der Waals surface area contributed by atoms with Crippen molar-refractivity contribution in [2.45, 2.75) is 47.0 Å². The minimum Gasteiger partial charge on any atom is -0.877 e. The second-order valence-corrected chi connectivity index (χ2v) is 11.4. The van der Waals surface area contributed by atoms with Crippen LogP contribution < -0.4 is 90.1 Å². The quantitative estimate of drug-likeness (QED) is 0.162. The van der Waals surface area contributed by atoms with E-state index in [4.69, 9.17) is 20.0 Å². The summed E-state index contributed by atoms with van der Waals surface area (Å²) in [7, 11) is 0. The van der Waals surface area contributed by atoms with Crippen LogP contribution in [-0.2, 0) is 26.7 Å². The van der Waals surface area contributed by atoms with Gasteiger partial charge in [0.2, 0.25) is 0 Å². The number of fused-ring (bicyclic) bond motifs is 5. The number of Topliss-reactive ketones (excluding diaryl/α,β-unsaturated/α-hetero) is 1. The molecular formula is C34H28CuN4Na2O6. The van der Waals surface area contributed by atoms with Gasteiger partial charge in [0.05, 0.1) is 34.7 Å². The number of nitrogens with zero attached hydrogens (tertiary/aromatic N) is 4. The Kier molecular flexibility index (Phi) is 12.3. The fourth-order valence-electron chi connectivity index (χ4n) is 6.75. The molecule has 0 fully saturated rings. The predicted octanol–water partition coefficient (Wildman–Crippen LogP) is -6.21. The summed E-state index contributed by atoms with van der Waals surface area (Å²) in [5.41, 5.74) is 6.37. The van der Waals surface area contributed by atoms with Gasteiger partial charge < -0.3 is 29.9 Å². The van der Waals surface area contributed by atoms with Crippen LogP contribution in [0.15, 0.2) is 85.4 Å². The molecule has 3 unspecified atom stereocenters. The zero-order valence-corrected chi connectivity index (χ0v) is 31.9.